The fraction of sp³-hybridized carbons (Fsp3) is 0.625. The highest BCUT2D eigenvalue weighted by Crippen LogP contribution is 2.21. The molecular formula is C8H13F3O2S. The summed E-state index contributed by atoms with van der Waals surface area (Å²) < 4.78 is 34.1. The third-order valence-corrected chi connectivity index (χ3v) is 1.38. The van der Waals surface area contributed by atoms with Gasteiger partial charge in [-0.15, -0.1) is 11.8 Å². The predicted molar refractivity (Wildman–Crippen MR) is 51.3 cm³/mol. The maximum atomic E-state index is 11.4. The van der Waals surface area contributed by atoms with Crippen LogP contribution >= 0.6 is 11.8 Å². The molecule has 0 radical (unpaired) electrons. The topological polar surface area (TPSA) is 37.3 Å². The standard InChI is InChI=1S/C5H5F3O2S.C3H8/c6-5(7,8)3-11-2-1-4(9)10;1-3-2/h1-2H,3H2,(H,9,10);3H2,1-2H3. The van der Waals surface area contributed by atoms with Crippen LogP contribution in [0.3, 0.4) is 0 Å². The molecule has 0 rings (SSSR count). The molecule has 0 saturated heterocycles. The Morgan fingerprint density at radius 3 is 2.14 bits per heavy atom. The van der Waals surface area contributed by atoms with Crippen molar-refractivity contribution in [1.29, 1.82) is 0 Å². The summed E-state index contributed by atoms with van der Waals surface area (Å²) in [5.41, 5.74) is 0. The molecule has 0 saturated carbocycles. The van der Waals surface area contributed by atoms with Crippen LogP contribution in [0.1, 0.15) is 20.3 Å². The quantitative estimate of drug-likeness (QED) is 0.756. The lowest BCUT2D eigenvalue weighted by atomic mass is 10.6. The molecule has 0 amide bonds. The van der Waals surface area contributed by atoms with E-state index in [0.717, 1.165) is 5.41 Å². The van der Waals surface area contributed by atoms with Crippen molar-refractivity contribution < 1.29 is 23.1 Å². The summed E-state index contributed by atoms with van der Waals surface area (Å²) in [6, 6.07) is 0. The minimum atomic E-state index is -4.24. The number of carboxylic acid groups (broad SMARTS) is 1. The number of carbonyl (C=O) groups is 1. The van der Waals surface area contributed by atoms with Gasteiger partial charge in [-0.1, -0.05) is 20.3 Å². The Balaban J connectivity index is 0. The van der Waals surface area contributed by atoms with Gasteiger partial charge < -0.3 is 5.11 Å². The third kappa shape index (κ3) is 22.5. The lowest BCUT2D eigenvalue weighted by Crippen LogP contribution is -2.09. The lowest BCUT2D eigenvalue weighted by molar-refractivity contribution is -0.131. The summed E-state index contributed by atoms with van der Waals surface area (Å²) in [5, 5.41) is 8.86. The third-order valence-electron chi connectivity index (χ3n) is 0.554. The smallest absolute Gasteiger partial charge is 0.398 e. The number of alkyl halides is 3. The first kappa shape index (κ1) is 15.8. The monoisotopic (exact) mass is 230 g/mol. The minimum absolute atomic E-state index is 0.402. The maximum Gasteiger partial charge on any atom is 0.398 e. The first-order valence-corrected chi connectivity index (χ1v) is 4.96. The van der Waals surface area contributed by atoms with Crippen LogP contribution in [0.2, 0.25) is 0 Å². The van der Waals surface area contributed by atoms with Crippen molar-refractivity contribution in [1.82, 2.24) is 0 Å². The van der Waals surface area contributed by atoms with Gasteiger partial charge in [-0.25, -0.2) is 4.79 Å². The largest absolute Gasteiger partial charge is 0.478 e. The second kappa shape index (κ2) is 8.93. The van der Waals surface area contributed by atoms with Crippen LogP contribution < -0.4 is 0 Å². The average Bonchev–Trinajstić information content (AvgIpc) is 1.98. The zero-order chi connectivity index (χ0) is 11.6. The molecule has 0 unspecified atom stereocenters. The van der Waals surface area contributed by atoms with Crippen molar-refractivity contribution >= 4 is 17.7 Å². The SMILES string of the molecule is CCC.O=C(O)C=CSCC(F)(F)F. The van der Waals surface area contributed by atoms with Crippen molar-refractivity contribution in [3.8, 4) is 0 Å². The first-order chi connectivity index (χ1) is 6.33. The van der Waals surface area contributed by atoms with Crippen LogP contribution in [0.4, 0.5) is 13.2 Å². The second-order valence-electron chi connectivity index (χ2n) is 2.27. The van der Waals surface area contributed by atoms with E-state index in [-0.39, 0.29) is 0 Å². The summed E-state index contributed by atoms with van der Waals surface area (Å²) in [6.07, 6.45) is -2.33. The molecule has 14 heavy (non-hydrogen) atoms. The molecule has 0 spiro atoms. The van der Waals surface area contributed by atoms with E-state index in [0.29, 0.717) is 17.8 Å². The first-order valence-electron chi connectivity index (χ1n) is 3.91. The van der Waals surface area contributed by atoms with E-state index >= 15 is 0 Å². The van der Waals surface area contributed by atoms with E-state index in [1.165, 1.54) is 6.42 Å². The normalized spacial score (nSPS) is 10.9. The summed E-state index contributed by atoms with van der Waals surface area (Å²) in [6.45, 7) is 4.25. The second-order valence-corrected chi connectivity index (χ2v) is 3.17. The number of hydrogen-bond acceptors (Lipinski definition) is 2. The fourth-order valence-corrected chi connectivity index (χ4v) is 0.747. The molecule has 0 aromatic heterocycles. The zero-order valence-electron chi connectivity index (χ0n) is 7.97. The Morgan fingerprint density at radius 2 is 1.86 bits per heavy atom. The van der Waals surface area contributed by atoms with Gasteiger partial charge in [0.05, 0.1) is 5.75 Å². The molecule has 0 aliphatic heterocycles. The van der Waals surface area contributed by atoms with Crippen LogP contribution in [0.15, 0.2) is 11.5 Å². The molecule has 0 fully saturated rings. The van der Waals surface area contributed by atoms with E-state index in [9.17, 15) is 18.0 Å². The van der Waals surface area contributed by atoms with Crippen LogP contribution in [0, 0.1) is 0 Å². The fourth-order valence-electron chi connectivity index (χ4n) is 0.249. The summed E-state index contributed by atoms with van der Waals surface area (Å²) in [5.74, 6) is -2.31. The molecule has 0 aliphatic rings. The summed E-state index contributed by atoms with van der Waals surface area (Å²) in [4.78, 5) is 9.74. The van der Waals surface area contributed by atoms with Gasteiger partial charge in [0, 0.05) is 6.08 Å². The Morgan fingerprint density at radius 1 is 1.43 bits per heavy atom. The predicted octanol–water partition coefficient (Wildman–Crippen LogP) is 3.30. The van der Waals surface area contributed by atoms with E-state index in [1.807, 2.05) is 0 Å². The summed E-state index contributed by atoms with van der Waals surface area (Å²) in [7, 11) is 0. The Hall–Kier alpha value is -0.650. The number of aliphatic carboxylic acids is 1. The van der Waals surface area contributed by atoms with Crippen LogP contribution in [0.25, 0.3) is 0 Å². The Labute approximate surface area is 85.2 Å². The van der Waals surface area contributed by atoms with E-state index in [2.05, 4.69) is 13.8 Å². The molecule has 0 aliphatic carbocycles. The highest BCUT2D eigenvalue weighted by Gasteiger charge is 2.26. The number of rotatable bonds is 3. The Bertz CT molecular complexity index is 178. The van der Waals surface area contributed by atoms with Crippen LogP contribution in [0.5, 0.6) is 0 Å². The van der Waals surface area contributed by atoms with Crippen molar-refractivity contribution in [3.05, 3.63) is 11.5 Å². The highest BCUT2D eigenvalue weighted by atomic mass is 32.2. The Kier molecular flexibility index (Phi) is 10.1. The van der Waals surface area contributed by atoms with Crippen molar-refractivity contribution in [2.45, 2.75) is 26.4 Å². The molecule has 0 heterocycles. The molecule has 6 heteroatoms. The van der Waals surface area contributed by atoms with Crippen molar-refractivity contribution in [2.24, 2.45) is 0 Å². The van der Waals surface area contributed by atoms with Gasteiger partial charge in [-0.2, -0.15) is 13.2 Å². The molecule has 0 aromatic carbocycles. The maximum absolute atomic E-state index is 11.4. The van der Waals surface area contributed by atoms with E-state index in [4.69, 9.17) is 5.11 Å². The molecular weight excluding hydrogens is 217 g/mol. The molecule has 0 bridgehead atoms. The number of thioether (sulfide) groups is 1. The van der Waals surface area contributed by atoms with Crippen molar-refractivity contribution in [2.75, 3.05) is 5.75 Å². The van der Waals surface area contributed by atoms with Gasteiger partial charge >= 0.3 is 12.1 Å². The molecule has 1 N–H and O–H groups in total. The zero-order valence-corrected chi connectivity index (χ0v) is 8.78. The number of carboxylic acids is 1. The van der Waals surface area contributed by atoms with Gasteiger partial charge in [0.15, 0.2) is 0 Å². The van der Waals surface area contributed by atoms with Gasteiger partial charge in [0.2, 0.25) is 0 Å². The molecule has 0 atom stereocenters. The average molecular weight is 230 g/mol. The number of halogens is 3. The highest BCUT2D eigenvalue weighted by molar-refractivity contribution is 8.02. The summed E-state index contributed by atoms with van der Waals surface area (Å²) >= 11 is 0.402. The van der Waals surface area contributed by atoms with Gasteiger partial charge in [-0.3, -0.25) is 0 Å². The van der Waals surface area contributed by atoms with Crippen molar-refractivity contribution in [3.63, 3.8) is 0 Å². The molecule has 84 valence electrons. The van der Waals surface area contributed by atoms with Crippen LogP contribution in [-0.4, -0.2) is 23.0 Å². The molecule has 0 aromatic rings. The lowest BCUT2D eigenvalue weighted by Gasteiger charge is -2.00. The minimum Gasteiger partial charge on any atom is -0.478 e. The van der Waals surface area contributed by atoms with Gasteiger partial charge in [0.1, 0.15) is 0 Å². The van der Waals surface area contributed by atoms with Gasteiger partial charge in [0.25, 0.3) is 0 Å². The van der Waals surface area contributed by atoms with Gasteiger partial charge in [-0.05, 0) is 5.41 Å². The van der Waals surface area contributed by atoms with E-state index < -0.39 is 17.9 Å². The number of hydrogen-bond donors (Lipinski definition) is 1. The van der Waals surface area contributed by atoms with Crippen LogP contribution in [-0.2, 0) is 4.79 Å². The van der Waals surface area contributed by atoms with E-state index in [1.54, 1.807) is 0 Å². The molecule has 2 nitrogen and oxygen atoms in total.